The first-order chi connectivity index (χ1) is 32.8. The zero-order chi connectivity index (χ0) is 43.6. The van der Waals surface area contributed by atoms with Gasteiger partial charge in [0.25, 0.3) is 0 Å². The molecule has 0 spiro atoms. The minimum atomic E-state index is 1.01. The van der Waals surface area contributed by atoms with Crippen LogP contribution in [0, 0.1) is 0 Å². The molecule has 66 heavy (non-hydrogen) atoms. The van der Waals surface area contributed by atoms with Crippen molar-refractivity contribution in [2.75, 3.05) is 4.90 Å². The maximum absolute atomic E-state index is 5.49. The van der Waals surface area contributed by atoms with Crippen molar-refractivity contribution in [2.24, 2.45) is 0 Å². The summed E-state index contributed by atoms with van der Waals surface area (Å²) in [6, 6.07) is 87.3. The highest BCUT2D eigenvalue weighted by Gasteiger charge is 2.30. The number of nitrogens with zero attached hydrogens (tertiary/aromatic N) is 4. The molecule has 0 bridgehead atoms. The molecule has 310 valence electrons. The summed E-state index contributed by atoms with van der Waals surface area (Å²) >= 11 is 1.77. The molecule has 0 N–H and O–H groups in total. The second-order valence-electron chi connectivity index (χ2n) is 16.7. The van der Waals surface area contributed by atoms with Crippen molar-refractivity contribution >= 4 is 82.2 Å². The number of aromatic nitrogens is 3. The van der Waals surface area contributed by atoms with Crippen molar-refractivity contribution in [3.05, 3.63) is 243 Å². The summed E-state index contributed by atoms with van der Waals surface area (Å²) in [6.07, 6.45) is 0. The van der Waals surface area contributed by atoms with E-state index >= 15 is 0 Å². The molecular weight excluding hydrogens is 821 g/mol. The first kappa shape index (κ1) is 38.0. The predicted octanol–water partition coefficient (Wildman–Crippen LogP) is 17.0. The van der Waals surface area contributed by atoms with Crippen LogP contribution in [0.4, 0.5) is 17.1 Å². The maximum Gasteiger partial charge on any atom is 0.125 e. The summed E-state index contributed by atoms with van der Waals surface area (Å²) in [7, 11) is 0. The Hall–Kier alpha value is -8.51. The minimum Gasteiger partial charge on any atom is -0.311 e. The first-order valence-electron chi connectivity index (χ1n) is 22.4. The highest BCUT2D eigenvalue weighted by atomic mass is 32.1. The van der Waals surface area contributed by atoms with Gasteiger partial charge in [-0.15, -0.1) is 11.3 Å². The Kier molecular flexibility index (Phi) is 9.00. The molecule has 3 heterocycles. The van der Waals surface area contributed by atoms with Gasteiger partial charge in [0.05, 0.1) is 32.3 Å². The monoisotopic (exact) mass is 860 g/mol. The van der Waals surface area contributed by atoms with E-state index < -0.39 is 0 Å². The molecule has 0 fully saturated rings. The summed E-state index contributed by atoms with van der Waals surface area (Å²) < 4.78 is 6.14. The van der Waals surface area contributed by atoms with Crippen LogP contribution < -0.4 is 4.90 Å². The summed E-state index contributed by atoms with van der Waals surface area (Å²) in [4.78, 5) is 7.79. The molecule has 5 heteroatoms. The first-order valence-corrected chi connectivity index (χ1v) is 23.2. The number of hydrogen-bond acceptors (Lipinski definition) is 3. The molecule has 0 unspecified atom stereocenters. The van der Waals surface area contributed by atoms with Gasteiger partial charge in [0, 0.05) is 61.1 Å². The van der Waals surface area contributed by atoms with Crippen LogP contribution >= 0.6 is 11.3 Å². The Morgan fingerprint density at radius 2 is 0.758 bits per heavy atom. The van der Waals surface area contributed by atoms with E-state index in [1.54, 1.807) is 11.3 Å². The molecule has 10 aromatic carbocycles. The van der Waals surface area contributed by atoms with Crippen molar-refractivity contribution in [1.82, 2.24) is 14.1 Å². The molecule has 0 radical (unpaired) electrons. The number of rotatable bonds is 8. The molecule has 0 amide bonds. The Bertz CT molecular complexity index is 3820. The van der Waals surface area contributed by atoms with Gasteiger partial charge in [0.2, 0.25) is 0 Å². The van der Waals surface area contributed by atoms with Crippen LogP contribution in [-0.4, -0.2) is 14.1 Å². The van der Waals surface area contributed by atoms with E-state index in [2.05, 4.69) is 257 Å². The highest BCUT2D eigenvalue weighted by Crippen LogP contribution is 2.53. The highest BCUT2D eigenvalue weighted by molar-refractivity contribution is 7.21. The number of benzene rings is 10. The lowest BCUT2D eigenvalue weighted by molar-refractivity contribution is 1.15. The third-order valence-corrected chi connectivity index (χ3v) is 14.0. The molecule has 13 aromatic rings. The molecule has 13 rings (SSSR count). The van der Waals surface area contributed by atoms with E-state index in [0.717, 1.165) is 77.8 Å². The van der Waals surface area contributed by atoms with Crippen LogP contribution in [0.3, 0.4) is 0 Å². The van der Waals surface area contributed by atoms with Crippen LogP contribution in [0.25, 0.3) is 98.0 Å². The molecule has 3 aromatic heterocycles. The van der Waals surface area contributed by atoms with Gasteiger partial charge in [-0.2, -0.15) is 0 Å². The van der Waals surface area contributed by atoms with E-state index in [1.165, 1.54) is 37.3 Å². The van der Waals surface area contributed by atoms with Gasteiger partial charge in [0.15, 0.2) is 0 Å². The summed E-state index contributed by atoms with van der Waals surface area (Å²) in [5.41, 5.74) is 17.0. The number of fused-ring (bicyclic) bond motifs is 8. The fourth-order valence-electron chi connectivity index (χ4n) is 10.1. The normalized spacial score (nSPS) is 11.6. The topological polar surface area (TPSA) is 26.0 Å². The number of anilines is 3. The number of para-hydroxylation sites is 7. The van der Waals surface area contributed by atoms with Gasteiger partial charge in [-0.25, -0.2) is 4.98 Å². The van der Waals surface area contributed by atoms with Gasteiger partial charge in [-0.1, -0.05) is 158 Å². The Morgan fingerprint density at radius 1 is 0.348 bits per heavy atom. The summed E-state index contributed by atoms with van der Waals surface area (Å²) in [5.74, 6) is 0. The maximum atomic E-state index is 5.49. The lowest BCUT2D eigenvalue weighted by Gasteiger charge is -2.25. The van der Waals surface area contributed by atoms with Crippen LogP contribution in [0.15, 0.2) is 243 Å². The van der Waals surface area contributed by atoms with Crippen LogP contribution in [0.1, 0.15) is 0 Å². The lowest BCUT2D eigenvalue weighted by Crippen LogP contribution is -2.09. The average molecular weight is 861 g/mol. The van der Waals surface area contributed by atoms with Gasteiger partial charge >= 0.3 is 0 Å². The van der Waals surface area contributed by atoms with E-state index in [1.807, 2.05) is 0 Å². The second-order valence-corrected chi connectivity index (χ2v) is 17.7. The number of thiazole rings is 1. The quantitative estimate of drug-likeness (QED) is 0.152. The number of hydrogen-bond donors (Lipinski definition) is 0. The zero-order valence-electron chi connectivity index (χ0n) is 35.8. The summed E-state index contributed by atoms with van der Waals surface area (Å²) in [5, 5.41) is 5.79. The Labute approximate surface area is 386 Å². The average Bonchev–Trinajstić information content (AvgIpc) is 4.08. The van der Waals surface area contributed by atoms with Crippen molar-refractivity contribution in [3.63, 3.8) is 0 Å². The fraction of sp³-hybridized carbons (Fsp3) is 0. The lowest BCUT2D eigenvalue weighted by atomic mass is 9.90. The molecule has 0 aliphatic carbocycles. The molecular formula is C61H40N4S. The minimum absolute atomic E-state index is 1.01. The van der Waals surface area contributed by atoms with Gasteiger partial charge in [0.1, 0.15) is 5.01 Å². The fourth-order valence-corrected chi connectivity index (χ4v) is 11.1. The molecule has 0 atom stereocenters. The smallest absolute Gasteiger partial charge is 0.125 e. The van der Waals surface area contributed by atoms with Crippen molar-refractivity contribution in [3.8, 4) is 44.2 Å². The molecule has 0 aliphatic rings. The van der Waals surface area contributed by atoms with E-state index in [9.17, 15) is 0 Å². The SMILES string of the molecule is c1ccc(N(c2ccccc2)c2ccc(-c3ccc(-c4c(-c5nc6ccccc6s5)c5c6ccccc6n(-c6ccccc6)c5c5c4c4ccccc4n5-c4ccccc4)cc3)cc2)cc1. The van der Waals surface area contributed by atoms with Gasteiger partial charge in [-0.3, -0.25) is 0 Å². The van der Waals surface area contributed by atoms with Gasteiger partial charge < -0.3 is 14.0 Å². The van der Waals surface area contributed by atoms with Gasteiger partial charge in [-0.05, 0) is 102 Å². The summed E-state index contributed by atoms with van der Waals surface area (Å²) in [6.45, 7) is 0. The van der Waals surface area contributed by atoms with Crippen molar-refractivity contribution in [2.45, 2.75) is 0 Å². The third-order valence-electron chi connectivity index (χ3n) is 12.9. The predicted molar refractivity (Wildman–Crippen MR) is 279 cm³/mol. The van der Waals surface area contributed by atoms with E-state index in [-0.39, 0.29) is 0 Å². The van der Waals surface area contributed by atoms with Crippen LogP contribution in [0.2, 0.25) is 0 Å². The zero-order valence-corrected chi connectivity index (χ0v) is 36.6. The van der Waals surface area contributed by atoms with Crippen LogP contribution in [0.5, 0.6) is 0 Å². The Balaban J connectivity index is 1.10. The largest absolute Gasteiger partial charge is 0.311 e. The van der Waals surface area contributed by atoms with Crippen molar-refractivity contribution in [1.29, 1.82) is 0 Å². The standard InChI is InChI=1S/C61H40N4S/c1-5-19-44(20-6-1)63(45-21-7-2-8-22-45)48-39-37-42(38-40-48)41-33-35-43(36-34-41)55-56-49-27-13-16-30-52(49)64(46-23-9-3-10-24-46)59(56)60-57(58(55)61-62-51-29-15-18-32-54(51)66-61)50-28-14-17-31-53(50)65(60)47-25-11-4-12-26-47/h1-40H. The Morgan fingerprint density at radius 3 is 1.29 bits per heavy atom. The second kappa shape index (κ2) is 15.6. The molecule has 4 nitrogen and oxygen atoms in total. The molecule has 0 saturated carbocycles. The third kappa shape index (κ3) is 6.09. The molecule has 0 aliphatic heterocycles. The van der Waals surface area contributed by atoms with E-state index in [4.69, 9.17) is 4.98 Å². The van der Waals surface area contributed by atoms with Crippen molar-refractivity contribution < 1.29 is 0 Å². The van der Waals surface area contributed by atoms with E-state index in [0.29, 0.717) is 0 Å². The van der Waals surface area contributed by atoms with Crippen LogP contribution in [-0.2, 0) is 0 Å². The molecule has 0 saturated heterocycles.